The molecule has 0 unspecified atom stereocenters. The van der Waals surface area contributed by atoms with Crippen molar-refractivity contribution in [2.75, 3.05) is 26.7 Å². The Morgan fingerprint density at radius 3 is 2.84 bits per heavy atom. The first kappa shape index (κ1) is 16.1. The summed E-state index contributed by atoms with van der Waals surface area (Å²) in [4.78, 5) is 11.4. The highest BCUT2D eigenvalue weighted by molar-refractivity contribution is 6.42. The van der Waals surface area contributed by atoms with Crippen LogP contribution in [0.4, 0.5) is 0 Å². The number of benzene rings is 1. The molecule has 0 spiro atoms. The van der Waals surface area contributed by atoms with Gasteiger partial charge in [-0.15, -0.1) is 0 Å². The predicted molar refractivity (Wildman–Crippen MR) is 78.1 cm³/mol. The molecule has 0 aliphatic rings. The third-order valence-electron chi connectivity index (χ3n) is 2.42. The molecule has 19 heavy (non-hydrogen) atoms. The average Bonchev–Trinajstić information content (AvgIpc) is 2.39. The lowest BCUT2D eigenvalue weighted by Gasteiger charge is -2.09. The van der Waals surface area contributed by atoms with Gasteiger partial charge in [0.05, 0.1) is 11.6 Å². The van der Waals surface area contributed by atoms with Gasteiger partial charge >= 0.3 is 0 Å². The monoisotopic (exact) mass is 304 g/mol. The summed E-state index contributed by atoms with van der Waals surface area (Å²) < 4.78 is 5.48. The number of amides is 1. The van der Waals surface area contributed by atoms with Gasteiger partial charge in [0.15, 0.2) is 0 Å². The summed E-state index contributed by atoms with van der Waals surface area (Å²) in [6.07, 6.45) is 1.07. The molecule has 0 aliphatic heterocycles. The normalized spacial score (nSPS) is 10.3. The first-order chi connectivity index (χ1) is 9.15. The number of halogens is 2. The van der Waals surface area contributed by atoms with Crippen LogP contribution in [-0.2, 0) is 4.79 Å². The zero-order valence-corrected chi connectivity index (χ0v) is 12.4. The molecule has 1 rings (SSSR count). The van der Waals surface area contributed by atoms with Crippen LogP contribution in [0.3, 0.4) is 0 Å². The third-order valence-corrected chi connectivity index (χ3v) is 3.22. The second-order valence-electron chi connectivity index (χ2n) is 3.96. The topological polar surface area (TPSA) is 50.4 Å². The van der Waals surface area contributed by atoms with E-state index >= 15 is 0 Å². The van der Waals surface area contributed by atoms with Gasteiger partial charge in [-0.3, -0.25) is 4.79 Å². The lowest BCUT2D eigenvalue weighted by atomic mass is 10.3. The molecule has 0 atom stereocenters. The number of rotatable bonds is 8. The van der Waals surface area contributed by atoms with Crippen molar-refractivity contribution >= 4 is 29.1 Å². The fourth-order valence-corrected chi connectivity index (χ4v) is 1.77. The molecular weight excluding hydrogens is 287 g/mol. The minimum Gasteiger partial charge on any atom is -0.492 e. The van der Waals surface area contributed by atoms with Crippen molar-refractivity contribution in [2.45, 2.75) is 12.8 Å². The summed E-state index contributed by atoms with van der Waals surface area (Å²) in [5, 5.41) is 6.62. The van der Waals surface area contributed by atoms with E-state index in [1.807, 2.05) is 7.05 Å². The third kappa shape index (κ3) is 6.14. The Kier molecular flexibility index (Phi) is 7.63. The van der Waals surface area contributed by atoms with Crippen molar-refractivity contribution in [1.82, 2.24) is 10.6 Å². The van der Waals surface area contributed by atoms with Crippen molar-refractivity contribution in [2.24, 2.45) is 0 Å². The number of nitrogens with one attached hydrogen (secondary N) is 2. The summed E-state index contributed by atoms with van der Waals surface area (Å²) in [5.41, 5.74) is 0. The van der Waals surface area contributed by atoms with Crippen LogP contribution in [0.2, 0.25) is 10.0 Å². The molecule has 1 amide bonds. The molecule has 106 valence electrons. The number of likely N-dealkylation sites (N-methyl/N-ethyl adjacent to an activating group) is 1. The molecule has 4 nitrogen and oxygen atoms in total. The Balaban J connectivity index is 2.20. The smallest absolute Gasteiger partial charge is 0.220 e. The van der Waals surface area contributed by atoms with Crippen LogP contribution in [0.25, 0.3) is 0 Å². The van der Waals surface area contributed by atoms with Crippen LogP contribution >= 0.6 is 23.2 Å². The first-order valence-electron chi connectivity index (χ1n) is 6.13. The number of hydrogen-bond donors (Lipinski definition) is 2. The van der Waals surface area contributed by atoms with Gasteiger partial charge in [-0.2, -0.15) is 0 Å². The molecule has 0 aliphatic carbocycles. The summed E-state index contributed by atoms with van der Waals surface area (Å²) in [6.45, 7) is 1.83. The maximum absolute atomic E-state index is 11.4. The van der Waals surface area contributed by atoms with Crippen molar-refractivity contribution in [3.63, 3.8) is 0 Å². The highest BCUT2D eigenvalue weighted by atomic mass is 35.5. The number of ether oxygens (including phenoxy) is 1. The fourth-order valence-electron chi connectivity index (χ4n) is 1.43. The maximum Gasteiger partial charge on any atom is 0.220 e. The zero-order valence-electron chi connectivity index (χ0n) is 10.8. The summed E-state index contributed by atoms with van der Waals surface area (Å²) in [7, 11) is 1.84. The van der Waals surface area contributed by atoms with E-state index in [0.29, 0.717) is 41.8 Å². The van der Waals surface area contributed by atoms with Crippen LogP contribution in [0.15, 0.2) is 18.2 Å². The molecule has 0 radical (unpaired) electrons. The predicted octanol–water partition coefficient (Wildman–Crippen LogP) is 2.49. The molecule has 0 aromatic heterocycles. The number of carbonyl (C=O) groups excluding carboxylic acids is 1. The van der Waals surface area contributed by atoms with Gasteiger partial charge < -0.3 is 15.4 Å². The van der Waals surface area contributed by atoms with E-state index in [2.05, 4.69) is 10.6 Å². The molecule has 2 N–H and O–H groups in total. The summed E-state index contributed by atoms with van der Waals surface area (Å²) in [6, 6.07) is 5.22. The SMILES string of the molecule is CNCCNC(=O)CCCOc1cccc(Cl)c1Cl. The molecule has 6 heteroatoms. The number of carbonyl (C=O) groups is 1. The molecule has 0 fully saturated rings. The number of hydrogen-bond acceptors (Lipinski definition) is 3. The largest absolute Gasteiger partial charge is 0.492 e. The zero-order chi connectivity index (χ0) is 14.1. The van der Waals surface area contributed by atoms with E-state index in [1.54, 1.807) is 18.2 Å². The van der Waals surface area contributed by atoms with Crippen molar-refractivity contribution in [3.8, 4) is 5.75 Å². The molecule has 0 saturated heterocycles. The van der Waals surface area contributed by atoms with Crippen LogP contribution < -0.4 is 15.4 Å². The van der Waals surface area contributed by atoms with Crippen molar-refractivity contribution < 1.29 is 9.53 Å². The van der Waals surface area contributed by atoms with Crippen molar-refractivity contribution in [3.05, 3.63) is 28.2 Å². The maximum atomic E-state index is 11.4. The van der Waals surface area contributed by atoms with Crippen LogP contribution in [-0.4, -0.2) is 32.7 Å². The standard InChI is InChI=1S/C13H18Cl2N2O2/c1-16-7-8-17-12(18)6-3-9-19-11-5-2-4-10(14)13(11)15/h2,4-5,16H,3,6-9H2,1H3,(H,17,18). The average molecular weight is 305 g/mol. The Bertz CT molecular complexity index is 414. The highest BCUT2D eigenvalue weighted by Gasteiger charge is 2.05. The minimum absolute atomic E-state index is 0.0241. The molecule has 0 bridgehead atoms. The Morgan fingerprint density at radius 1 is 1.32 bits per heavy atom. The van der Waals surface area contributed by atoms with Gasteiger partial charge in [0.1, 0.15) is 10.8 Å². The summed E-state index contributed by atoms with van der Waals surface area (Å²) >= 11 is 11.8. The molecular formula is C13H18Cl2N2O2. The Labute approximate surface area is 123 Å². The van der Waals surface area contributed by atoms with E-state index < -0.39 is 0 Å². The van der Waals surface area contributed by atoms with Gasteiger partial charge in [0.25, 0.3) is 0 Å². The van der Waals surface area contributed by atoms with E-state index in [-0.39, 0.29) is 5.91 Å². The molecule has 1 aromatic rings. The van der Waals surface area contributed by atoms with Crippen LogP contribution in [0.5, 0.6) is 5.75 Å². The van der Waals surface area contributed by atoms with Gasteiger partial charge in [-0.1, -0.05) is 29.3 Å². The second-order valence-corrected chi connectivity index (χ2v) is 4.74. The lowest BCUT2D eigenvalue weighted by molar-refractivity contribution is -0.121. The van der Waals surface area contributed by atoms with E-state index in [1.165, 1.54) is 0 Å². The van der Waals surface area contributed by atoms with E-state index in [4.69, 9.17) is 27.9 Å². The first-order valence-corrected chi connectivity index (χ1v) is 6.89. The lowest BCUT2D eigenvalue weighted by Crippen LogP contribution is -2.30. The van der Waals surface area contributed by atoms with Gasteiger partial charge in [0, 0.05) is 19.5 Å². The van der Waals surface area contributed by atoms with Gasteiger partial charge in [-0.05, 0) is 25.6 Å². The Hall–Kier alpha value is -0.970. The van der Waals surface area contributed by atoms with Crippen LogP contribution in [0.1, 0.15) is 12.8 Å². The van der Waals surface area contributed by atoms with Crippen molar-refractivity contribution in [1.29, 1.82) is 0 Å². The molecule has 1 aromatic carbocycles. The van der Waals surface area contributed by atoms with E-state index in [9.17, 15) is 4.79 Å². The fraction of sp³-hybridized carbons (Fsp3) is 0.462. The second kappa shape index (κ2) is 9.02. The molecule has 0 heterocycles. The highest BCUT2D eigenvalue weighted by Crippen LogP contribution is 2.31. The van der Waals surface area contributed by atoms with Gasteiger partial charge in [0.2, 0.25) is 5.91 Å². The summed E-state index contributed by atoms with van der Waals surface area (Å²) in [5.74, 6) is 0.570. The quantitative estimate of drug-likeness (QED) is 0.726. The molecule has 0 saturated carbocycles. The van der Waals surface area contributed by atoms with E-state index in [0.717, 1.165) is 6.54 Å². The van der Waals surface area contributed by atoms with Crippen LogP contribution in [0, 0.1) is 0 Å². The van der Waals surface area contributed by atoms with Gasteiger partial charge in [-0.25, -0.2) is 0 Å². The Morgan fingerprint density at radius 2 is 2.11 bits per heavy atom. The minimum atomic E-state index is 0.0241.